The van der Waals surface area contributed by atoms with Crippen molar-refractivity contribution in [1.82, 2.24) is 5.32 Å². The van der Waals surface area contributed by atoms with Crippen LogP contribution in [-0.2, 0) is 5.54 Å². The molecule has 1 aliphatic rings. The van der Waals surface area contributed by atoms with E-state index in [0.717, 1.165) is 33.6 Å². The van der Waals surface area contributed by atoms with Gasteiger partial charge in [-0.05, 0) is 54.8 Å². The van der Waals surface area contributed by atoms with Gasteiger partial charge >= 0.3 is 0 Å². The van der Waals surface area contributed by atoms with Crippen LogP contribution in [0.15, 0.2) is 88.8 Å². The van der Waals surface area contributed by atoms with Crippen LogP contribution in [-0.4, -0.2) is 16.8 Å². The summed E-state index contributed by atoms with van der Waals surface area (Å²) >= 11 is 1.63. The lowest BCUT2D eigenvalue weighted by atomic mass is 9.83. The van der Waals surface area contributed by atoms with Crippen LogP contribution in [0.2, 0.25) is 0 Å². The smallest absolute Gasteiger partial charge is 0.164 e. The first-order valence-electron chi connectivity index (χ1n) is 9.92. The van der Waals surface area contributed by atoms with Crippen molar-refractivity contribution < 1.29 is 0 Å². The minimum absolute atomic E-state index is 0.560. The molecular formula is C25H25N3S. The molecule has 4 heteroatoms. The number of nitrogens with zero attached hydrogens (tertiary/aromatic N) is 2. The summed E-state index contributed by atoms with van der Waals surface area (Å²) in [6, 6.07) is 27.4. The number of aliphatic imine (C=N–C) groups is 2. The lowest BCUT2D eigenvalue weighted by Crippen LogP contribution is -2.44. The quantitative estimate of drug-likeness (QED) is 0.585. The topological polar surface area (TPSA) is 36.8 Å². The maximum absolute atomic E-state index is 5.23. The first-order valence-corrected chi connectivity index (χ1v) is 10.7. The SMILES string of the molecule is CCN=C1NC(c2ccccc2)(c2ccccc2)C(=Nc2c(C)cccc2C)S1. The highest BCUT2D eigenvalue weighted by molar-refractivity contribution is 8.27. The maximum atomic E-state index is 5.23. The molecule has 3 aromatic rings. The molecule has 1 saturated heterocycles. The van der Waals surface area contributed by atoms with E-state index in [1.807, 2.05) is 12.1 Å². The second-order valence-electron chi connectivity index (χ2n) is 7.15. The summed E-state index contributed by atoms with van der Waals surface area (Å²) < 4.78 is 0. The van der Waals surface area contributed by atoms with Gasteiger partial charge in [0.25, 0.3) is 0 Å². The number of nitrogens with one attached hydrogen (secondary N) is 1. The molecule has 0 unspecified atom stereocenters. The van der Waals surface area contributed by atoms with E-state index in [1.54, 1.807) is 11.8 Å². The van der Waals surface area contributed by atoms with Crippen LogP contribution in [0, 0.1) is 13.8 Å². The van der Waals surface area contributed by atoms with Gasteiger partial charge in [0.05, 0.1) is 5.69 Å². The summed E-state index contributed by atoms with van der Waals surface area (Å²) in [5.74, 6) is 0. The van der Waals surface area contributed by atoms with Crippen molar-refractivity contribution in [3.63, 3.8) is 0 Å². The van der Waals surface area contributed by atoms with E-state index in [9.17, 15) is 0 Å². The second kappa shape index (κ2) is 8.26. The molecule has 3 aromatic carbocycles. The van der Waals surface area contributed by atoms with Crippen molar-refractivity contribution in [3.8, 4) is 0 Å². The van der Waals surface area contributed by atoms with Crippen LogP contribution < -0.4 is 5.32 Å². The third-order valence-corrected chi connectivity index (χ3v) is 6.19. The van der Waals surface area contributed by atoms with Crippen LogP contribution >= 0.6 is 11.8 Å². The molecular weight excluding hydrogens is 374 g/mol. The average molecular weight is 400 g/mol. The predicted molar refractivity (Wildman–Crippen MR) is 125 cm³/mol. The van der Waals surface area contributed by atoms with Crippen molar-refractivity contribution in [2.45, 2.75) is 26.3 Å². The Hall–Kier alpha value is -2.85. The Bertz CT molecular complexity index is 996. The van der Waals surface area contributed by atoms with Gasteiger partial charge in [-0.3, -0.25) is 4.99 Å². The van der Waals surface area contributed by atoms with Gasteiger partial charge in [0.15, 0.2) is 5.17 Å². The highest BCUT2D eigenvalue weighted by Crippen LogP contribution is 2.42. The Morgan fingerprint density at radius 3 is 1.86 bits per heavy atom. The van der Waals surface area contributed by atoms with E-state index >= 15 is 0 Å². The number of para-hydroxylation sites is 1. The lowest BCUT2D eigenvalue weighted by Gasteiger charge is -2.31. The van der Waals surface area contributed by atoms with Crippen molar-refractivity contribution in [2.24, 2.45) is 9.98 Å². The minimum Gasteiger partial charge on any atom is -0.345 e. The summed E-state index contributed by atoms with van der Waals surface area (Å²) in [6.07, 6.45) is 0. The number of thioether (sulfide) groups is 1. The van der Waals surface area contributed by atoms with Crippen LogP contribution in [0.5, 0.6) is 0 Å². The second-order valence-corrected chi connectivity index (χ2v) is 8.12. The van der Waals surface area contributed by atoms with E-state index < -0.39 is 5.54 Å². The number of rotatable bonds is 4. The molecule has 1 fully saturated rings. The van der Waals surface area contributed by atoms with Gasteiger partial charge in [0, 0.05) is 6.54 Å². The molecule has 1 heterocycles. The molecule has 29 heavy (non-hydrogen) atoms. The van der Waals surface area contributed by atoms with Crippen LogP contribution in [0.25, 0.3) is 0 Å². The summed E-state index contributed by atoms with van der Waals surface area (Å²) in [5, 5.41) is 5.64. The normalized spacial score (nSPS) is 18.2. The Labute approximate surface area is 177 Å². The maximum Gasteiger partial charge on any atom is 0.164 e. The fourth-order valence-corrected chi connectivity index (χ4v) is 4.91. The van der Waals surface area contributed by atoms with Gasteiger partial charge < -0.3 is 5.32 Å². The van der Waals surface area contributed by atoms with Crippen molar-refractivity contribution in [1.29, 1.82) is 0 Å². The van der Waals surface area contributed by atoms with Crippen molar-refractivity contribution >= 4 is 27.7 Å². The highest BCUT2D eigenvalue weighted by Gasteiger charge is 2.47. The number of benzene rings is 3. The largest absolute Gasteiger partial charge is 0.345 e. The fraction of sp³-hybridized carbons (Fsp3) is 0.200. The molecule has 0 bridgehead atoms. The number of aryl methyl sites for hydroxylation is 2. The molecule has 0 aromatic heterocycles. The molecule has 0 atom stereocenters. The number of hydrogen-bond acceptors (Lipinski definition) is 3. The Kier molecular flexibility index (Phi) is 5.54. The molecule has 0 amide bonds. The molecule has 1 aliphatic heterocycles. The molecule has 3 nitrogen and oxygen atoms in total. The van der Waals surface area contributed by atoms with Crippen molar-refractivity contribution in [2.75, 3.05) is 6.54 Å². The molecule has 146 valence electrons. The van der Waals surface area contributed by atoms with E-state index in [4.69, 9.17) is 9.98 Å². The van der Waals surface area contributed by atoms with Crippen LogP contribution in [0.4, 0.5) is 5.69 Å². The average Bonchev–Trinajstić information content (AvgIpc) is 3.11. The lowest BCUT2D eigenvalue weighted by molar-refractivity contribution is 0.659. The zero-order valence-corrected chi connectivity index (χ0v) is 17.8. The van der Waals surface area contributed by atoms with Crippen LogP contribution in [0.1, 0.15) is 29.2 Å². The van der Waals surface area contributed by atoms with E-state index in [2.05, 4.69) is 92.8 Å². The number of hydrogen-bond donors (Lipinski definition) is 1. The summed E-state index contributed by atoms with van der Waals surface area (Å²) in [5.41, 5.74) is 5.14. The third kappa shape index (κ3) is 3.60. The zero-order chi connectivity index (χ0) is 20.3. The Balaban J connectivity index is 2.00. The summed E-state index contributed by atoms with van der Waals surface area (Å²) in [7, 11) is 0. The minimum atomic E-state index is -0.560. The summed E-state index contributed by atoms with van der Waals surface area (Å²) in [6.45, 7) is 7.02. The van der Waals surface area contributed by atoms with Gasteiger partial charge in [-0.2, -0.15) is 0 Å². The number of amidine groups is 1. The van der Waals surface area contributed by atoms with Gasteiger partial charge in [-0.15, -0.1) is 0 Å². The predicted octanol–water partition coefficient (Wildman–Crippen LogP) is 5.99. The summed E-state index contributed by atoms with van der Waals surface area (Å²) in [4.78, 5) is 9.93. The molecule has 0 radical (unpaired) electrons. The molecule has 1 N–H and O–H groups in total. The van der Waals surface area contributed by atoms with Gasteiger partial charge in [-0.25, -0.2) is 4.99 Å². The third-order valence-electron chi connectivity index (χ3n) is 5.18. The zero-order valence-electron chi connectivity index (χ0n) is 17.0. The van der Waals surface area contributed by atoms with Gasteiger partial charge in [0.1, 0.15) is 10.6 Å². The standard InChI is InChI=1S/C25H25N3S/c1-4-26-24-28-25(20-14-7-5-8-15-20,21-16-9-6-10-17-21)23(29-24)27-22-18(2)12-11-13-19(22)3/h5-17H,4H2,1-3H3,(H,26,28). The molecule has 0 aliphatic carbocycles. The highest BCUT2D eigenvalue weighted by atomic mass is 32.2. The van der Waals surface area contributed by atoms with Gasteiger partial charge in [-0.1, -0.05) is 78.9 Å². The van der Waals surface area contributed by atoms with E-state index in [0.29, 0.717) is 0 Å². The monoisotopic (exact) mass is 399 g/mol. The molecule has 0 saturated carbocycles. The molecule has 0 spiro atoms. The van der Waals surface area contributed by atoms with Gasteiger partial charge in [0.2, 0.25) is 0 Å². The van der Waals surface area contributed by atoms with E-state index in [-0.39, 0.29) is 0 Å². The Morgan fingerprint density at radius 1 is 0.793 bits per heavy atom. The molecule has 4 rings (SSSR count). The van der Waals surface area contributed by atoms with Crippen molar-refractivity contribution in [3.05, 3.63) is 101 Å². The van der Waals surface area contributed by atoms with E-state index in [1.165, 1.54) is 11.1 Å². The Morgan fingerprint density at radius 2 is 1.34 bits per heavy atom. The first-order chi connectivity index (χ1) is 14.1. The van der Waals surface area contributed by atoms with Crippen LogP contribution in [0.3, 0.4) is 0 Å². The fourth-order valence-electron chi connectivity index (χ4n) is 3.75. The first kappa shape index (κ1) is 19.5.